The number of amides is 2. The lowest BCUT2D eigenvalue weighted by Crippen LogP contribution is -2.28. The number of aryl methyl sites for hydroxylation is 2. The molecule has 5 heteroatoms. The molecule has 2 aromatic carbocycles. The van der Waals surface area contributed by atoms with E-state index < -0.39 is 0 Å². The number of halogens is 1. The molecule has 0 saturated heterocycles. The smallest absolute Gasteiger partial charge is 0.233 e. The molecule has 0 fully saturated rings. The maximum atomic E-state index is 12.0. The SMILES string of the molecule is Cc1cc(C)c(NC(=O)CC(=O)NCc2ccccc2)c(Cl)c1. The minimum absolute atomic E-state index is 0.240. The molecule has 0 aromatic heterocycles. The van der Waals surface area contributed by atoms with E-state index in [0.717, 1.165) is 16.7 Å². The van der Waals surface area contributed by atoms with Crippen molar-refractivity contribution < 1.29 is 9.59 Å². The summed E-state index contributed by atoms with van der Waals surface area (Å²) in [5.74, 6) is -0.711. The van der Waals surface area contributed by atoms with Gasteiger partial charge in [0.2, 0.25) is 11.8 Å². The van der Waals surface area contributed by atoms with Crippen molar-refractivity contribution in [3.05, 3.63) is 64.2 Å². The summed E-state index contributed by atoms with van der Waals surface area (Å²) < 4.78 is 0. The van der Waals surface area contributed by atoms with E-state index in [0.29, 0.717) is 17.3 Å². The predicted molar refractivity (Wildman–Crippen MR) is 92.5 cm³/mol. The van der Waals surface area contributed by atoms with E-state index in [4.69, 9.17) is 11.6 Å². The average molecular weight is 331 g/mol. The van der Waals surface area contributed by atoms with Crippen LogP contribution >= 0.6 is 11.6 Å². The van der Waals surface area contributed by atoms with Crippen LogP contribution in [-0.2, 0) is 16.1 Å². The minimum Gasteiger partial charge on any atom is -0.352 e. The van der Waals surface area contributed by atoms with Gasteiger partial charge in [-0.1, -0.05) is 48.0 Å². The molecule has 0 aliphatic heterocycles. The van der Waals surface area contributed by atoms with Gasteiger partial charge in [0, 0.05) is 6.54 Å². The van der Waals surface area contributed by atoms with E-state index in [-0.39, 0.29) is 18.2 Å². The summed E-state index contributed by atoms with van der Waals surface area (Å²) in [6.07, 6.45) is -0.240. The lowest BCUT2D eigenvalue weighted by molar-refractivity contribution is -0.126. The Balaban J connectivity index is 1.88. The van der Waals surface area contributed by atoms with E-state index in [2.05, 4.69) is 10.6 Å². The Hall–Kier alpha value is -2.33. The second-order valence-electron chi connectivity index (χ2n) is 5.43. The lowest BCUT2D eigenvalue weighted by atomic mass is 10.1. The van der Waals surface area contributed by atoms with Gasteiger partial charge in [-0.25, -0.2) is 0 Å². The Bertz CT molecular complexity index is 691. The molecular weight excluding hydrogens is 312 g/mol. The quantitative estimate of drug-likeness (QED) is 0.823. The zero-order chi connectivity index (χ0) is 16.8. The second-order valence-corrected chi connectivity index (χ2v) is 5.83. The summed E-state index contributed by atoms with van der Waals surface area (Å²) >= 11 is 6.14. The van der Waals surface area contributed by atoms with Gasteiger partial charge < -0.3 is 10.6 Å². The van der Waals surface area contributed by atoms with Crippen LogP contribution in [0.15, 0.2) is 42.5 Å². The number of anilines is 1. The Morgan fingerprint density at radius 2 is 1.74 bits per heavy atom. The van der Waals surface area contributed by atoms with Gasteiger partial charge in [0.15, 0.2) is 0 Å². The molecular formula is C18H19ClN2O2. The van der Waals surface area contributed by atoms with E-state index in [1.807, 2.05) is 50.2 Å². The number of rotatable bonds is 5. The van der Waals surface area contributed by atoms with Crippen molar-refractivity contribution in [3.63, 3.8) is 0 Å². The number of carbonyl (C=O) groups excluding carboxylic acids is 2. The molecule has 2 N–H and O–H groups in total. The maximum Gasteiger partial charge on any atom is 0.233 e. The molecule has 0 atom stereocenters. The molecule has 4 nitrogen and oxygen atoms in total. The summed E-state index contributed by atoms with van der Waals surface area (Å²) in [6.45, 7) is 4.20. The third kappa shape index (κ3) is 5.11. The number of carbonyl (C=O) groups is 2. The van der Waals surface area contributed by atoms with Crippen LogP contribution in [0.4, 0.5) is 5.69 Å². The van der Waals surface area contributed by atoms with Crippen molar-refractivity contribution in [1.82, 2.24) is 5.32 Å². The number of hydrogen-bond acceptors (Lipinski definition) is 2. The summed E-state index contributed by atoms with van der Waals surface area (Å²) in [5, 5.41) is 5.90. The molecule has 23 heavy (non-hydrogen) atoms. The van der Waals surface area contributed by atoms with Crippen LogP contribution in [0, 0.1) is 13.8 Å². The fourth-order valence-electron chi connectivity index (χ4n) is 2.26. The van der Waals surface area contributed by atoms with E-state index in [1.165, 1.54) is 0 Å². The highest BCUT2D eigenvalue weighted by Crippen LogP contribution is 2.27. The topological polar surface area (TPSA) is 58.2 Å². The molecule has 0 unspecified atom stereocenters. The van der Waals surface area contributed by atoms with Crippen LogP contribution in [0.1, 0.15) is 23.1 Å². The van der Waals surface area contributed by atoms with Gasteiger partial charge in [-0.3, -0.25) is 9.59 Å². The standard InChI is InChI=1S/C18H19ClN2O2/c1-12-8-13(2)18(15(19)9-12)21-17(23)10-16(22)20-11-14-6-4-3-5-7-14/h3-9H,10-11H2,1-2H3,(H,20,22)(H,21,23). The Kier molecular flexibility index (Phi) is 5.77. The molecule has 0 radical (unpaired) electrons. The fourth-order valence-corrected chi connectivity index (χ4v) is 2.63. The lowest BCUT2D eigenvalue weighted by Gasteiger charge is -2.11. The van der Waals surface area contributed by atoms with Gasteiger partial charge in [0.1, 0.15) is 6.42 Å². The second kappa shape index (κ2) is 7.79. The van der Waals surface area contributed by atoms with E-state index >= 15 is 0 Å². The summed E-state index contributed by atoms with van der Waals surface area (Å²) in [6, 6.07) is 13.2. The first-order chi connectivity index (χ1) is 11.0. The zero-order valence-electron chi connectivity index (χ0n) is 13.2. The summed E-state index contributed by atoms with van der Waals surface area (Å²) in [4.78, 5) is 23.8. The van der Waals surface area contributed by atoms with Gasteiger partial charge >= 0.3 is 0 Å². The Morgan fingerprint density at radius 1 is 1.04 bits per heavy atom. The van der Waals surface area contributed by atoms with E-state index in [1.54, 1.807) is 6.07 Å². The number of hydrogen-bond donors (Lipinski definition) is 2. The third-order valence-corrected chi connectivity index (χ3v) is 3.65. The normalized spacial score (nSPS) is 10.2. The van der Waals surface area contributed by atoms with Crippen molar-refractivity contribution >= 4 is 29.1 Å². The monoisotopic (exact) mass is 330 g/mol. The summed E-state index contributed by atoms with van der Waals surface area (Å²) in [7, 11) is 0. The van der Waals surface area contributed by atoms with Crippen molar-refractivity contribution in [2.24, 2.45) is 0 Å². The van der Waals surface area contributed by atoms with Gasteiger partial charge in [-0.2, -0.15) is 0 Å². The molecule has 0 heterocycles. The number of benzene rings is 2. The van der Waals surface area contributed by atoms with Crippen molar-refractivity contribution in [3.8, 4) is 0 Å². The Labute approximate surface area is 140 Å². The molecule has 2 aromatic rings. The van der Waals surface area contributed by atoms with Gasteiger partial charge in [-0.05, 0) is 36.6 Å². The van der Waals surface area contributed by atoms with Gasteiger partial charge in [0.05, 0.1) is 10.7 Å². The zero-order valence-corrected chi connectivity index (χ0v) is 13.9. The van der Waals surface area contributed by atoms with Crippen molar-refractivity contribution in [1.29, 1.82) is 0 Å². The van der Waals surface area contributed by atoms with Crippen LogP contribution in [0.3, 0.4) is 0 Å². The Morgan fingerprint density at radius 3 is 2.39 bits per heavy atom. The molecule has 0 bridgehead atoms. The highest BCUT2D eigenvalue weighted by molar-refractivity contribution is 6.34. The summed E-state index contributed by atoms with van der Waals surface area (Å²) in [5.41, 5.74) is 3.43. The number of nitrogens with one attached hydrogen (secondary N) is 2. The first-order valence-electron chi connectivity index (χ1n) is 7.33. The van der Waals surface area contributed by atoms with Crippen molar-refractivity contribution in [2.45, 2.75) is 26.8 Å². The maximum absolute atomic E-state index is 12.0. The molecule has 0 aliphatic rings. The largest absolute Gasteiger partial charge is 0.352 e. The van der Waals surface area contributed by atoms with Crippen LogP contribution in [0.2, 0.25) is 5.02 Å². The molecule has 0 spiro atoms. The highest BCUT2D eigenvalue weighted by atomic mass is 35.5. The first-order valence-corrected chi connectivity index (χ1v) is 7.70. The van der Waals surface area contributed by atoms with Crippen LogP contribution in [-0.4, -0.2) is 11.8 Å². The van der Waals surface area contributed by atoms with E-state index in [9.17, 15) is 9.59 Å². The average Bonchev–Trinajstić information content (AvgIpc) is 2.50. The predicted octanol–water partition coefficient (Wildman–Crippen LogP) is 3.60. The van der Waals surface area contributed by atoms with Crippen molar-refractivity contribution in [2.75, 3.05) is 5.32 Å². The highest BCUT2D eigenvalue weighted by Gasteiger charge is 2.13. The first kappa shape index (κ1) is 17.0. The molecule has 120 valence electrons. The molecule has 0 saturated carbocycles. The van der Waals surface area contributed by atoms with Crippen LogP contribution in [0.5, 0.6) is 0 Å². The molecule has 2 amide bonds. The van der Waals surface area contributed by atoms with Gasteiger partial charge in [-0.15, -0.1) is 0 Å². The molecule has 2 rings (SSSR count). The fraction of sp³-hybridized carbons (Fsp3) is 0.222. The minimum atomic E-state index is -0.385. The molecule has 0 aliphatic carbocycles. The third-order valence-electron chi connectivity index (χ3n) is 3.35. The van der Waals surface area contributed by atoms with Crippen LogP contribution < -0.4 is 10.6 Å². The van der Waals surface area contributed by atoms with Gasteiger partial charge in [0.25, 0.3) is 0 Å². The van der Waals surface area contributed by atoms with Crippen LogP contribution in [0.25, 0.3) is 0 Å².